The van der Waals surface area contributed by atoms with Crippen molar-refractivity contribution in [1.29, 1.82) is 0 Å². The van der Waals surface area contributed by atoms with Crippen molar-refractivity contribution in [3.8, 4) is 11.5 Å². The molecule has 0 radical (unpaired) electrons. The van der Waals surface area contributed by atoms with Crippen molar-refractivity contribution in [2.24, 2.45) is 5.10 Å². The van der Waals surface area contributed by atoms with E-state index in [1.54, 1.807) is 30.5 Å². The number of nitrogens with zero attached hydrogens (tertiary/aromatic N) is 2. The smallest absolute Gasteiger partial charge is 0.275 e. The Balaban J connectivity index is 2.08. The van der Waals surface area contributed by atoms with Crippen molar-refractivity contribution < 1.29 is 14.6 Å². The Kier molecular flexibility index (Phi) is 4.28. The molecular weight excluding hydrogens is 258 g/mol. The molecule has 20 heavy (non-hydrogen) atoms. The van der Waals surface area contributed by atoms with E-state index in [4.69, 9.17) is 4.74 Å². The van der Waals surface area contributed by atoms with Crippen LogP contribution in [0.25, 0.3) is 0 Å². The molecule has 0 bridgehead atoms. The van der Waals surface area contributed by atoms with Crippen molar-refractivity contribution in [3.05, 3.63) is 53.9 Å². The molecule has 0 spiro atoms. The number of aromatic nitrogens is 1. The van der Waals surface area contributed by atoms with Crippen LogP contribution in [0.5, 0.6) is 11.5 Å². The summed E-state index contributed by atoms with van der Waals surface area (Å²) in [6, 6.07) is 9.98. The van der Waals surface area contributed by atoms with Crippen LogP contribution >= 0.6 is 0 Å². The molecule has 0 fully saturated rings. The topological polar surface area (TPSA) is 83.8 Å². The Morgan fingerprint density at radius 1 is 1.35 bits per heavy atom. The highest BCUT2D eigenvalue weighted by Crippen LogP contribution is 2.29. The van der Waals surface area contributed by atoms with Crippen molar-refractivity contribution in [2.75, 3.05) is 7.11 Å². The van der Waals surface area contributed by atoms with Gasteiger partial charge in [0.15, 0.2) is 11.5 Å². The number of hydrazone groups is 1. The number of amides is 1. The number of aromatic hydroxyl groups is 1. The summed E-state index contributed by atoms with van der Waals surface area (Å²) in [6.07, 6.45) is 3.03. The van der Waals surface area contributed by atoms with E-state index >= 15 is 0 Å². The molecule has 1 amide bonds. The zero-order valence-corrected chi connectivity index (χ0v) is 10.8. The summed E-state index contributed by atoms with van der Waals surface area (Å²) >= 11 is 0. The number of benzene rings is 1. The molecule has 6 nitrogen and oxygen atoms in total. The lowest BCUT2D eigenvalue weighted by molar-refractivity contribution is 0.0952. The van der Waals surface area contributed by atoms with Crippen LogP contribution in [0, 0.1) is 0 Å². The summed E-state index contributed by atoms with van der Waals surface area (Å²) < 4.78 is 4.93. The van der Waals surface area contributed by atoms with Crippen molar-refractivity contribution in [2.45, 2.75) is 0 Å². The highest BCUT2D eigenvalue weighted by atomic mass is 16.5. The number of carbonyl (C=O) groups excluding carboxylic acids is 1. The molecule has 0 aliphatic carbocycles. The number of rotatable bonds is 4. The third-order valence-corrected chi connectivity index (χ3v) is 2.51. The molecule has 0 atom stereocenters. The minimum atomic E-state index is -0.534. The van der Waals surface area contributed by atoms with E-state index in [1.807, 2.05) is 6.07 Å². The number of para-hydroxylation sites is 1. The van der Waals surface area contributed by atoms with E-state index in [1.165, 1.54) is 19.4 Å². The van der Waals surface area contributed by atoms with Gasteiger partial charge in [-0.15, -0.1) is 0 Å². The van der Waals surface area contributed by atoms with Crippen LogP contribution in [0.1, 0.15) is 16.1 Å². The Bertz CT molecular complexity index is 627. The monoisotopic (exact) mass is 271 g/mol. The second-order valence-electron chi connectivity index (χ2n) is 3.81. The fourth-order valence-electron chi connectivity index (χ4n) is 1.54. The van der Waals surface area contributed by atoms with Gasteiger partial charge in [0.05, 0.1) is 24.6 Å². The largest absolute Gasteiger partial charge is 0.504 e. The van der Waals surface area contributed by atoms with Crippen LogP contribution in [0.2, 0.25) is 0 Å². The van der Waals surface area contributed by atoms with Crippen LogP contribution in [0.4, 0.5) is 0 Å². The van der Waals surface area contributed by atoms with Gasteiger partial charge in [-0.1, -0.05) is 12.1 Å². The lowest BCUT2D eigenvalue weighted by atomic mass is 10.2. The van der Waals surface area contributed by atoms with Crippen LogP contribution in [-0.4, -0.2) is 29.3 Å². The summed E-state index contributed by atoms with van der Waals surface area (Å²) in [7, 11) is 1.41. The Hall–Kier alpha value is -2.89. The molecule has 1 heterocycles. The van der Waals surface area contributed by atoms with E-state index in [-0.39, 0.29) is 17.1 Å². The number of nitrogens with one attached hydrogen (secondary N) is 1. The number of phenols is 1. The van der Waals surface area contributed by atoms with E-state index in [0.717, 1.165) is 0 Å². The van der Waals surface area contributed by atoms with Gasteiger partial charge in [0.25, 0.3) is 5.91 Å². The number of hydrogen-bond donors (Lipinski definition) is 2. The first kappa shape index (κ1) is 13.5. The summed E-state index contributed by atoms with van der Waals surface area (Å²) in [5, 5.41) is 13.6. The molecule has 2 N–H and O–H groups in total. The van der Waals surface area contributed by atoms with Crippen LogP contribution < -0.4 is 10.2 Å². The van der Waals surface area contributed by atoms with Gasteiger partial charge in [0, 0.05) is 6.20 Å². The maximum Gasteiger partial charge on any atom is 0.275 e. The highest BCUT2D eigenvalue weighted by Gasteiger charge is 2.13. The summed E-state index contributed by atoms with van der Waals surface area (Å²) in [5.41, 5.74) is 3.01. The molecule has 102 valence electrons. The Morgan fingerprint density at radius 2 is 2.20 bits per heavy atom. The second kappa shape index (κ2) is 6.33. The summed E-state index contributed by atoms with van der Waals surface area (Å²) in [4.78, 5) is 15.9. The maximum absolute atomic E-state index is 11.9. The predicted octanol–water partition coefficient (Wildman–Crippen LogP) is 1.56. The van der Waals surface area contributed by atoms with Crippen LogP contribution in [-0.2, 0) is 0 Å². The average Bonchev–Trinajstić information content (AvgIpc) is 2.48. The highest BCUT2D eigenvalue weighted by molar-refractivity contribution is 5.98. The molecule has 2 aromatic rings. The van der Waals surface area contributed by atoms with Gasteiger partial charge in [0.2, 0.25) is 0 Å². The van der Waals surface area contributed by atoms with Gasteiger partial charge >= 0.3 is 0 Å². The quantitative estimate of drug-likeness (QED) is 0.653. The zero-order valence-electron chi connectivity index (χ0n) is 10.8. The van der Waals surface area contributed by atoms with E-state index in [2.05, 4.69) is 15.5 Å². The van der Waals surface area contributed by atoms with Crippen molar-refractivity contribution >= 4 is 12.1 Å². The van der Waals surface area contributed by atoms with Gasteiger partial charge in [0.1, 0.15) is 0 Å². The lowest BCUT2D eigenvalue weighted by Crippen LogP contribution is -2.18. The number of pyridine rings is 1. The molecule has 6 heteroatoms. The third-order valence-electron chi connectivity index (χ3n) is 2.51. The van der Waals surface area contributed by atoms with E-state index in [9.17, 15) is 9.90 Å². The Labute approximate surface area is 115 Å². The fourth-order valence-corrected chi connectivity index (χ4v) is 1.54. The summed E-state index contributed by atoms with van der Waals surface area (Å²) in [6.45, 7) is 0. The molecule has 0 aliphatic rings. The molecule has 1 aromatic carbocycles. The maximum atomic E-state index is 11.9. The molecule has 0 saturated heterocycles. The SMILES string of the molecule is COc1cccc(C(=O)N/N=C/c2ccccn2)c1O. The van der Waals surface area contributed by atoms with Gasteiger partial charge in [-0.3, -0.25) is 9.78 Å². The molecule has 0 unspecified atom stereocenters. The van der Waals surface area contributed by atoms with Crippen LogP contribution in [0.15, 0.2) is 47.7 Å². The molecular formula is C14H13N3O3. The van der Waals surface area contributed by atoms with Crippen molar-refractivity contribution in [1.82, 2.24) is 10.4 Å². The summed E-state index contributed by atoms with van der Waals surface area (Å²) in [5.74, 6) is -0.527. The predicted molar refractivity (Wildman–Crippen MR) is 74.0 cm³/mol. The normalized spacial score (nSPS) is 10.4. The lowest BCUT2D eigenvalue weighted by Gasteiger charge is -2.06. The zero-order chi connectivity index (χ0) is 14.4. The first-order valence-corrected chi connectivity index (χ1v) is 5.83. The number of ether oxygens (including phenoxy) is 1. The van der Waals surface area contributed by atoms with Crippen molar-refractivity contribution in [3.63, 3.8) is 0 Å². The average molecular weight is 271 g/mol. The molecule has 0 saturated carbocycles. The number of carbonyl (C=O) groups is 1. The fraction of sp³-hybridized carbons (Fsp3) is 0.0714. The van der Waals surface area contributed by atoms with Crippen LogP contribution in [0.3, 0.4) is 0 Å². The number of hydrogen-bond acceptors (Lipinski definition) is 5. The van der Waals surface area contributed by atoms with Gasteiger partial charge in [-0.05, 0) is 24.3 Å². The standard InChI is InChI=1S/C14H13N3O3/c1-20-12-7-4-6-11(13(12)18)14(19)17-16-9-10-5-2-3-8-15-10/h2-9,18H,1H3,(H,17,19)/b16-9+. The minimum Gasteiger partial charge on any atom is -0.504 e. The van der Waals surface area contributed by atoms with Gasteiger partial charge in [-0.2, -0.15) is 5.10 Å². The number of methoxy groups -OCH3 is 1. The molecule has 1 aromatic heterocycles. The molecule has 2 rings (SSSR count). The van der Waals surface area contributed by atoms with E-state index in [0.29, 0.717) is 5.69 Å². The van der Waals surface area contributed by atoms with Gasteiger partial charge in [-0.25, -0.2) is 5.43 Å². The third kappa shape index (κ3) is 3.11. The minimum absolute atomic E-state index is 0.0857. The molecule has 0 aliphatic heterocycles. The Morgan fingerprint density at radius 3 is 2.90 bits per heavy atom. The second-order valence-corrected chi connectivity index (χ2v) is 3.81. The van der Waals surface area contributed by atoms with Gasteiger partial charge < -0.3 is 9.84 Å². The first-order valence-electron chi connectivity index (χ1n) is 5.83. The number of phenolic OH excluding ortho intramolecular Hbond substituents is 1. The first-order chi connectivity index (χ1) is 9.72. The van der Waals surface area contributed by atoms with E-state index < -0.39 is 5.91 Å².